The summed E-state index contributed by atoms with van der Waals surface area (Å²) in [7, 11) is 0. The maximum Gasteiger partial charge on any atom is -0.00587 e. The highest BCUT2D eigenvalue weighted by Gasteiger charge is 2.50. The van der Waals surface area contributed by atoms with Crippen molar-refractivity contribution in [2.45, 2.75) is 26.2 Å². The molecule has 0 N–H and O–H groups in total. The van der Waals surface area contributed by atoms with Crippen molar-refractivity contribution >= 4 is 6.08 Å². The van der Waals surface area contributed by atoms with Crippen LogP contribution in [0.4, 0.5) is 0 Å². The molecule has 0 bridgehead atoms. The number of allylic oxidation sites excluding steroid dienone is 1. The van der Waals surface area contributed by atoms with Crippen LogP contribution >= 0.6 is 0 Å². The topological polar surface area (TPSA) is 0 Å². The quantitative estimate of drug-likeness (QED) is 0.559. The summed E-state index contributed by atoms with van der Waals surface area (Å²) in [5.74, 6) is 0.813. The minimum atomic E-state index is 0.502. The van der Waals surface area contributed by atoms with Gasteiger partial charge in [0.15, 0.2) is 0 Å². The fraction of sp³-hybridized carbons (Fsp3) is 0.385. The van der Waals surface area contributed by atoms with Crippen LogP contribution in [0.2, 0.25) is 0 Å². The molecule has 0 heteroatoms. The molecule has 13 heavy (non-hydrogen) atoms. The summed E-state index contributed by atoms with van der Waals surface area (Å²) in [6, 6.07) is 6.84. The number of benzene rings is 1. The van der Waals surface area contributed by atoms with Crippen LogP contribution in [-0.4, -0.2) is 0 Å². The lowest BCUT2D eigenvalue weighted by Gasteiger charge is -2.15. The Morgan fingerprint density at radius 3 is 3.08 bits per heavy atom. The molecule has 1 fully saturated rings. The molecule has 1 aromatic rings. The molecule has 1 saturated carbocycles. The third kappa shape index (κ3) is 0.918. The summed E-state index contributed by atoms with van der Waals surface area (Å²) < 4.78 is 0. The molecule has 66 valence electrons. The maximum atomic E-state index is 2.39. The second-order valence-corrected chi connectivity index (χ2v) is 4.73. The first kappa shape index (κ1) is 7.37. The molecule has 1 aromatic carbocycles. The van der Waals surface area contributed by atoms with Crippen LogP contribution in [0.25, 0.3) is 6.08 Å². The number of hydrogen-bond acceptors (Lipinski definition) is 0. The number of aryl methyl sites for hydroxylation is 1. The molecule has 0 radical (unpaired) electrons. The molecule has 0 nitrogen and oxygen atoms in total. The van der Waals surface area contributed by atoms with E-state index in [2.05, 4.69) is 44.2 Å². The highest BCUT2D eigenvalue weighted by Crippen LogP contribution is 2.63. The van der Waals surface area contributed by atoms with Crippen molar-refractivity contribution < 1.29 is 0 Å². The average molecular weight is 170 g/mol. The zero-order valence-corrected chi connectivity index (χ0v) is 8.17. The van der Waals surface area contributed by atoms with E-state index >= 15 is 0 Å². The summed E-state index contributed by atoms with van der Waals surface area (Å²) in [4.78, 5) is 0. The Morgan fingerprint density at radius 1 is 1.38 bits per heavy atom. The Morgan fingerprint density at radius 2 is 2.23 bits per heavy atom. The zero-order valence-electron chi connectivity index (χ0n) is 8.17. The van der Waals surface area contributed by atoms with Crippen LogP contribution in [0, 0.1) is 12.3 Å². The molecular formula is C13H14. The van der Waals surface area contributed by atoms with Gasteiger partial charge >= 0.3 is 0 Å². The van der Waals surface area contributed by atoms with Crippen LogP contribution in [0.15, 0.2) is 24.3 Å². The summed E-state index contributed by atoms with van der Waals surface area (Å²) >= 11 is 0. The van der Waals surface area contributed by atoms with E-state index in [1.54, 1.807) is 5.56 Å². The van der Waals surface area contributed by atoms with Crippen LogP contribution in [-0.2, 0) is 0 Å². The van der Waals surface area contributed by atoms with Crippen LogP contribution < -0.4 is 0 Å². The molecule has 2 aliphatic carbocycles. The highest BCUT2D eigenvalue weighted by molar-refractivity contribution is 5.63. The molecule has 2 unspecified atom stereocenters. The molecule has 0 spiro atoms. The maximum absolute atomic E-state index is 2.39. The van der Waals surface area contributed by atoms with Gasteiger partial charge in [0.05, 0.1) is 0 Å². The summed E-state index contributed by atoms with van der Waals surface area (Å²) in [6.07, 6.45) is 6.03. The van der Waals surface area contributed by atoms with Gasteiger partial charge in [-0.05, 0) is 35.8 Å². The summed E-state index contributed by atoms with van der Waals surface area (Å²) in [5, 5.41) is 0. The van der Waals surface area contributed by atoms with E-state index in [1.807, 2.05) is 0 Å². The molecule has 3 rings (SSSR count). The monoisotopic (exact) mass is 170 g/mol. The normalized spacial score (nSPS) is 33.8. The first-order chi connectivity index (χ1) is 6.19. The van der Waals surface area contributed by atoms with E-state index in [1.165, 1.54) is 17.5 Å². The fourth-order valence-corrected chi connectivity index (χ4v) is 2.47. The van der Waals surface area contributed by atoms with Crippen molar-refractivity contribution in [1.82, 2.24) is 0 Å². The second-order valence-electron chi connectivity index (χ2n) is 4.73. The predicted molar refractivity (Wildman–Crippen MR) is 55.7 cm³/mol. The van der Waals surface area contributed by atoms with Gasteiger partial charge in [-0.3, -0.25) is 0 Å². The predicted octanol–water partition coefficient (Wildman–Crippen LogP) is 3.52. The number of fused-ring (bicyclic) bond motifs is 3. The van der Waals surface area contributed by atoms with E-state index < -0.39 is 0 Å². The third-order valence-electron chi connectivity index (χ3n) is 3.54. The molecule has 2 aliphatic rings. The van der Waals surface area contributed by atoms with Crippen LogP contribution in [0.5, 0.6) is 0 Å². The smallest absolute Gasteiger partial charge is 0.00587 e. The van der Waals surface area contributed by atoms with Crippen molar-refractivity contribution in [1.29, 1.82) is 0 Å². The first-order valence-electron chi connectivity index (χ1n) is 4.99. The van der Waals surface area contributed by atoms with Crippen molar-refractivity contribution in [3.63, 3.8) is 0 Å². The summed E-state index contributed by atoms with van der Waals surface area (Å²) in [6.45, 7) is 4.52. The SMILES string of the molecule is Cc1ccc2c(c1)C=CC1(C)CC21. The van der Waals surface area contributed by atoms with E-state index in [0.717, 1.165) is 5.92 Å². The third-order valence-corrected chi connectivity index (χ3v) is 3.54. The Balaban J connectivity index is 2.18. The van der Waals surface area contributed by atoms with E-state index in [-0.39, 0.29) is 0 Å². The summed E-state index contributed by atoms with van der Waals surface area (Å²) in [5.41, 5.74) is 4.88. The number of rotatable bonds is 0. The van der Waals surface area contributed by atoms with Gasteiger partial charge in [0.2, 0.25) is 0 Å². The van der Waals surface area contributed by atoms with E-state index in [9.17, 15) is 0 Å². The molecule has 2 atom stereocenters. The standard InChI is InChI=1S/C13H14/c1-9-3-4-11-10(7-9)5-6-13(2)8-12(11)13/h3-7,12H,8H2,1-2H3. The lowest BCUT2D eigenvalue weighted by molar-refractivity contribution is 0.705. The minimum Gasteiger partial charge on any atom is -0.0773 e. The molecule has 0 amide bonds. The van der Waals surface area contributed by atoms with Crippen LogP contribution in [0.3, 0.4) is 0 Å². The average Bonchev–Trinajstić information content (AvgIpc) is 2.77. The van der Waals surface area contributed by atoms with Crippen molar-refractivity contribution in [3.8, 4) is 0 Å². The molecule has 0 aliphatic heterocycles. The van der Waals surface area contributed by atoms with Gasteiger partial charge in [-0.25, -0.2) is 0 Å². The van der Waals surface area contributed by atoms with Gasteiger partial charge in [-0.15, -0.1) is 0 Å². The van der Waals surface area contributed by atoms with Crippen molar-refractivity contribution in [2.24, 2.45) is 5.41 Å². The van der Waals surface area contributed by atoms with Crippen molar-refractivity contribution in [3.05, 3.63) is 41.0 Å². The molecule has 0 saturated heterocycles. The van der Waals surface area contributed by atoms with Crippen molar-refractivity contribution in [2.75, 3.05) is 0 Å². The Labute approximate surface area is 79.3 Å². The minimum absolute atomic E-state index is 0.502. The largest absolute Gasteiger partial charge is 0.0773 e. The van der Waals surface area contributed by atoms with Gasteiger partial charge in [-0.2, -0.15) is 0 Å². The lowest BCUT2D eigenvalue weighted by Crippen LogP contribution is -1.99. The van der Waals surface area contributed by atoms with Gasteiger partial charge in [-0.1, -0.05) is 42.8 Å². The molecule has 0 aromatic heterocycles. The zero-order chi connectivity index (χ0) is 9.05. The Hall–Kier alpha value is -1.04. The van der Waals surface area contributed by atoms with E-state index in [0.29, 0.717) is 5.41 Å². The second kappa shape index (κ2) is 2.06. The first-order valence-corrected chi connectivity index (χ1v) is 4.99. The highest BCUT2D eigenvalue weighted by atomic mass is 14.5. The fourth-order valence-electron chi connectivity index (χ4n) is 2.47. The molecule has 0 heterocycles. The Kier molecular flexibility index (Phi) is 1.17. The van der Waals surface area contributed by atoms with Gasteiger partial charge in [0.1, 0.15) is 0 Å². The van der Waals surface area contributed by atoms with Gasteiger partial charge < -0.3 is 0 Å². The Bertz CT molecular complexity index is 400. The van der Waals surface area contributed by atoms with Gasteiger partial charge in [0.25, 0.3) is 0 Å². The van der Waals surface area contributed by atoms with Crippen LogP contribution in [0.1, 0.15) is 36.0 Å². The number of hydrogen-bond donors (Lipinski definition) is 0. The van der Waals surface area contributed by atoms with E-state index in [4.69, 9.17) is 0 Å². The van der Waals surface area contributed by atoms with Gasteiger partial charge in [0, 0.05) is 0 Å². The molecular weight excluding hydrogens is 156 g/mol. The lowest BCUT2D eigenvalue weighted by atomic mass is 9.90.